The minimum atomic E-state index is 0.119. The third-order valence-corrected chi connectivity index (χ3v) is 3.43. The third-order valence-electron chi connectivity index (χ3n) is 3.43. The number of rotatable bonds is 6. The van der Waals surface area contributed by atoms with E-state index in [0.29, 0.717) is 11.7 Å². The first-order valence-electron chi connectivity index (χ1n) is 7.67. The van der Waals surface area contributed by atoms with Gasteiger partial charge >= 0.3 is 0 Å². The quantitative estimate of drug-likeness (QED) is 0.787. The number of nitrogen functional groups attached to an aromatic ring is 1. The van der Waals surface area contributed by atoms with Gasteiger partial charge in [-0.05, 0) is 32.9 Å². The molecule has 1 aliphatic heterocycles. The highest BCUT2D eigenvalue weighted by Crippen LogP contribution is 2.26. The van der Waals surface area contributed by atoms with E-state index in [4.69, 9.17) is 15.2 Å². The standard InChI is InChI=1S/C16H27N3O2/c1-12(2)21-16-10-14(4-5-15(16)17)18-13(3)11-19-6-8-20-9-7-19/h4-5,10,12-13,18H,6-9,11,17H2,1-3H3. The molecule has 1 unspecified atom stereocenters. The topological polar surface area (TPSA) is 59.8 Å². The average molecular weight is 293 g/mol. The van der Waals surface area contributed by atoms with E-state index >= 15 is 0 Å². The molecule has 0 amide bonds. The van der Waals surface area contributed by atoms with E-state index in [9.17, 15) is 0 Å². The number of nitrogens with two attached hydrogens (primary N) is 1. The van der Waals surface area contributed by atoms with E-state index in [1.807, 2.05) is 32.0 Å². The summed E-state index contributed by atoms with van der Waals surface area (Å²) in [6.45, 7) is 10.9. The van der Waals surface area contributed by atoms with Crippen molar-refractivity contribution in [3.8, 4) is 5.75 Å². The van der Waals surface area contributed by atoms with Crippen molar-refractivity contribution in [3.05, 3.63) is 18.2 Å². The second kappa shape index (κ2) is 7.52. The number of anilines is 2. The van der Waals surface area contributed by atoms with Gasteiger partial charge in [-0.3, -0.25) is 4.90 Å². The SMILES string of the molecule is CC(CN1CCOCC1)Nc1ccc(N)c(OC(C)C)c1. The highest BCUT2D eigenvalue weighted by Gasteiger charge is 2.14. The van der Waals surface area contributed by atoms with Crippen LogP contribution in [0.2, 0.25) is 0 Å². The fourth-order valence-corrected chi connectivity index (χ4v) is 2.48. The first kappa shape index (κ1) is 15.9. The molecule has 0 radical (unpaired) electrons. The molecule has 1 atom stereocenters. The number of nitrogens with one attached hydrogen (secondary N) is 1. The van der Waals surface area contributed by atoms with Crippen LogP contribution < -0.4 is 15.8 Å². The highest BCUT2D eigenvalue weighted by molar-refractivity contribution is 5.61. The molecule has 0 aromatic heterocycles. The number of benzene rings is 1. The molecule has 0 aliphatic carbocycles. The first-order valence-corrected chi connectivity index (χ1v) is 7.67. The molecule has 0 saturated carbocycles. The Morgan fingerprint density at radius 2 is 2.00 bits per heavy atom. The van der Waals surface area contributed by atoms with Gasteiger partial charge in [0.1, 0.15) is 5.75 Å². The summed E-state index contributed by atoms with van der Waals surface area (Å²) in [7, 11) is 0. The summed E-state index contributed by atoms with van der Waals surface area (Å²) in [4.78, 5) is 2.42. The lowest BCUT2D eigenvalue weighted by molar-refractivity contribution is 0.0368. The number of nitrogens with zero attached hydrogens (tertiary/aromatic N) is 1. The van der Waals surface area contributed by atoms with Gasteiger partial charge in [-0.25, -0.2) is 0 Å². The van der Waals surface area contributed by atoms with Gasteiger partial charge in [0.15, 0.2) is 0 Å². The molecule has 5 heteroatoms. The zero-order valence-electron chi connectivity index (χ0n) is 13.3. The molecule has 5 nitrogen and oxygen atoms in total. The largest absolute Gasteiger partial charge is 0.489 e. The molecule has 1 fully saturated rings. The minimum Gasteiger partial charge on any atom is -0.489 e. The van der Waals surface area contributed by atoms with E-state index < -0.39 is 0 Å². The van der Waals surface area contributed by atoms with E-state index in [1.165, 1.54) is 0 Å². The summed E-state index contributed by atoms with van der Waals surface area (Å²) in [5.41, 5.74) is 7.66. The smallest absolute Gasteiger partial charge is 0.144 e. The Kier molecular flexibility index (Phi) is 5.70. The molecule has 118 valence electrons. The van der Waals surface area contributed by atoms with E-state index in [1.54, 1.807) is 0 Å². The molecule has 21 heavy (non-hydrogen) atoms. The highest BCUT2D eigenvalue weighted by atomic mass is 16.5. The summed E-state index contributed by atoms with van der Waals surface area (Å²) >= 11 is 0. The Morgan fingerprint density at radius 3 is 2.67 bits per heavy atom. The predicted molar refractivity (Wildman–Crippen MR) is 87.0 cm³/mol. The average Bonchev–Trinajstić information content (AvgIpc) is 2.43. The zero-order chi connectivity index (χ0) is 15.2. The van der Waals surface area contributed by atoms with E-state index in [2.05, 4.69) is 17.1 Å². The summed E-state index contributed by atoms with van der Waals surface area (Å²) in [5.74, 6) is 0.744. The lowest BCUT2D eigenvalue weighted by atomic mass is 10.2. The van der Waals surface area contributed by atoms with Gasteiger partial charge in [-0.2, -0.15) is 0 Å². The maximum absolute atomic E-state index is 5.94. The number of ether oxygens (including phenoxy) is 2. The molecule has 1 aromatic carbocycles. The van der Waals surface area contributed by atoms with Crippen LogP contribution in [0.15, 0.2) is 18.2 Å². The minimum absolute atomic E-state index is 0.119. The van der Waals surface area contributed by atoms with Crippen LogP contribution in [0, 0.1) is 0 Å². The summed E-state index contributed by atoms with van der Waals surface area (Å²) in [5, 5.41) is 3.51. The molecule has 0 bridgehead atoms. The van der Waals surface area contributed by atoms with Crippen molar-refractivity contribution in [3.63, 3.8) is 0 Å². The van der Waals surface area contributed by atoms with Gasteiger partial charge in [0.05, 0.1) is 25.0 Å². The van der Waals surface area contributed by atoms with Gasteiger partial charge in [0.25, 0.3) is 0 Å². The van der Waals surface area contributed by atoms with Crippen LogP contribution in [-0.4, -0.2) is 49.9 Å². The molecule has 2 rings (SSSR count). The Bertz CT molecular complexity index is 445. The van der Waals surface area contributed by atoms with Crippen LogP contribution in [0.3, 0.4) is 0 Å². The van der Waals surface area contributed by atoms with Gasteiger partial charge in [0.2, 0.25) is 0 Å². The van der Waals surface area contributed by atoms with E-state index in [0.717, 1.165) is 44.3 Å². The van der Waals surface area contributed by atoms with Crippen molar-refractivity contribution in [1.29, 1.82) is 0 Å². The fraction of sp³-hybridized carbons (Fsp3) is 0.625. The molecule has 1 aromatic rings. The lowest BCUT2D eigenvalue weighted by Gasteiger charge is -2.29. The lowest BCUT2D eigenvalue weighted by Crippen LogP contribution is -2.42. The monoisotopic (exact) mass is 293 g/mol. The van der Waals surface area contributed by atoms with Gasteiger partial charge < -0.3 is 20.5 Å². The van der Waals surface area contributed by atoms with Gasteiger partial charge in [-0.1, -0.05) is 0 Å². The molecule has 1 saturated heterocycles. The normalized spacial score (nSPS) is 17.7. The Hall–Kier alpha value is -1.46. The second-order valence-corrected chi connectivity index (χ2v) is 5.88. The fourth-order valence-electron chi connectivity index (χ4n) is 2.48. The van der Waals surface area contributed by atoms with Crippen molar-refractivity contribution in [2.75, 3.05) is 43.9 Å². The number of hydrogen-bond donors (Lipinski definition) is 2. The van der Waals surface area contributed by atoms with Crippen LogP contribution in [0.5, 0.6) is 5.75 Å². The predicted octanol–water partition coefficient (Wildman–Crippen LogP) is 2.19. The van der Waals surface area contributed by atoms with Crippen LogP contribution in [0.25, 0.3) is 0 Å². The van der Waals surface area contributed by atoms with Crippen molar-refractivity contribution < 1.29 is 9.47 Å². The Balaban J connectivity index is 1.91. The van der Waals surface area contributed by atoms with Crippen LogP contribution in [-0.2, 0) is 4.74 Å². The molecule has 1 heterocycles. The second-order valence-electron chi connectivity index (χ2n) is 5.88. The van der Waals surface area contributed by atoms with Crippen LogP contribution in [0.4, 0.5) is 11.4 Å². The van der Waals surface area contributed by atoms with Gasteiger partial charge in [0, 0.05) is 37.4 Å². The van der Waals surface area contributed by atoms with Crippen molar-refractivity contribution >= 4 is 11.4 Å². The summed E-state index contributed by atoms with van der Waals surface area (Å²) in [6, 6.07) is 6.23. The summed E-state index contributed by atoms with van der Waals surface area (Å²) in [6.07, 6.45) is 0.119. The maximum Gasteiger partial charge on any atom is 0.144 e. The number of morpholine rings is 1. The number of hydrogen-bond acceptors (Lipinski definition) is 5. The zero-order valence-corrected chi connectivity index (χ0v) is 13.3. The van der Waals surface area contributed by atoms with Crippen molar-refractivity contribution in [2.24, 2.45) is 0 Å². The van der Waals surface area contributed by atoms with Crippen molar-refractivity contribution in [2.45, 2.75) is 32.9 Å². The molecular formula is C16H27N3O2. The van der Waals surface area contributed by atoms with Gasteiger partial charge in [-0.15, -0.1) is 0 Å². The molecular weight excluding hydrogens is 266 g/mol. The first-order chi connectivity index (χ1) is 10.0. The van der Waals surface area contributed by atoms with E-state index in [-0.39, 0.29) is 6.10 Å². The molecule has 0 spiro atoms. The Labute approximate surface area is 127 Å². The van der Waals surface area contributed by atoms with Crippen molar-refractivity contribution in [1.82, 2.24) is 4.90 Å². The molecule has 1 aliphatic rings. The Morgan fingerprint density at radius 1 is 1.29 bits per heavy atom. The maximum atomic E-state index is 5.94. The van der Waals surface area contributed by atoms with Crippen LogP contribution in [0.1, 0.15) is 20.8 Å². The van der Waals surface area contributed by atoms with Crippen LogP contribution >= 0.6 is 0 Å². The molecule has 3 N–H and O–H groups in total. The summed E-state index contributed by atoms with van der Waals surface area (Å²) < 4.78 is 11.1. The third kappa shape index (κ3) is 5.10.